The maximum atomic E-state index is 11.6. The Bertz CT molecular complexity index is 622. The molecule has 0 radical (unpaired) electrons. The van der Waals surface area contributed by atoms with E-state index in [0.29, 0.717) is 11.4 Å². The minimum Gasteiger partial charge on any atom is -0.450 e. The number of nitrogens with one attached hydrogen (secondary N) is 1. The Morgan fingerprint density at radius 2 is 2.05 bits per heavy atom. The number of amides is 1. The van der Waals surface area contributed by atoms with Crippen molar-refractivity contribution >= 4 is 33.5 Å². The Morgan fingerprint density at radius 1 is 1.35 bits per heavy atom. The van der Waals surface area contributed by atoms with E-state index in [4.69, 9.17) is 9.26 Å². The van der Waals surface area contributed by atoms with Gasteiger partial charge < -0.3 is 14.6 Å². The number of benzene rings is 1. The molecule has 1 aromatic heterocycles. The van der Waals surface area contributed by atoms with Crippen LogP contribution in [0.5, 0.6) is 0 Å². The van der Waals surface area contributed by atoms with Crippen molar-refractivity contribution in [1.29, 1.82) is 0 Å². The van der Waals surface area contributed by atoms with E-state index in [2.05, 4.69) is 26.4 Å². The molecule has 20 heavy (non-hydrogen) atoms. The number of carbonyl (C=O) groups excluding carboxylic acids is 2. The van der Waals surface area contributed by atoms with Crippen molar-refractivity contribution in [3.05, 3.63) is 46.3 Å². The van der Waals surface area contributed by atoms with Gasteiger partial charge in [0.1, 0.15) is 0 Å². The van der Waals surface area contributed by atoms with Crippen molar-refractivity contribution in [2.45, 2.75) is 6.92 Å². The average molecular weight is 339 g/mol. The van der Waals surface area contributed by atoms with Gasteiger partial charge in [-0.05, 0) is 31.2 Å². The quantitative estimate of drug-likeness (QED) is 0.866. The molecule has 0 spiro atoms. The van der Waals surface area contributed by atoms with Crippen LogP contribution in [-0.2, 0) is 9.53 Å². The van der Waals surface area contributed by atoms with Gasteiger partial charge in [-0.15, -0.1) is 0 Å². The van der Waals surface area contributed by atoms with E-state index in [1.54, 1.807) is 31.2 Å². The van der Waals surface area contributed by atoms with Gasteiger partial charge >= 0.3 is 5.97 Å². The summed E-state index contributed by atoms with van der Waals surface area (Å²) in [5, 5.41) is 6.16. The number of aromatic nitrogens is 1. The molecule has 1 aromatic carbocycles. The maximum Gasteiger partial charge on any atom is 0.377 e. The molecule has 1 N–H and O–H groups in total. The number of hydrogen-bond donors (Lipinski definition) is 1. The van der Waals surface area contributed by atoms with Gasteiger partial charge in [-0.3, -0.25) is 4.79 Å². The number of aryl methyl sites for hydroxylation is 1. The molecule has 0 unspecified atom stereocenters. The summed E-state index contributed by atoms with van der Waals surface area (Å²) >= 11 is 3.29. The fourth-order valence-corrected chi connectivity index (χ4v) is 1.66. The predicted octanol–water partition coefficient (Wildman–Crippen LogP) is 2.54. The number of nitrogens with zero attached hydrogens (tertiary/aromatic N) is 1. The molecular weight excluding hydrogens is 328 g/mol. The van der Waals surface area contributed by atoms with E-state index in [-0.39, 0.29) is 5.76 Å². The molecule has 1 amide bonds. The SMILES string of the molecule is Cc1cc(C(=O)OCC(=O)Nc2ccc(Br)cc2)on1. The Morgan fingerprint density at radius 3 is 2.65 bits per heavy atom. The molecule has 0 aliphatic carbocycles. The smallest absolute Gasteiger partial charge is 0.377 e. The average Bonchev–Trinajstić information content (AvgIpc) is 2.85. The van der Waals surface area contributed by atoms with E-state index in [0.717, 1.165) is 4.47 Å². The third kappa shape index (κ3) is 3.92. The summed E-state index contributed by atoms with van der Waals surface area (Å²) in [6.07, 6.45) is 0. The Hall–Kier alpha value is -2.15. The normalized spacial score (nSPS) is 10.1. The van der Waals surface area contributed by atoms with Crippen LogP contribution >= 0.6 is 15.9 Å². The van der Waals surface area contributed by atoms with E-state index in [1.165, 1.54) is 6.07 Å². The third-order valence-corrected chi connectivity index (χ3v) is 2.82. The first-order valence-corrected chi connectivity index (χ1v) is 6.50. The highest BCUT2D eigenvalue weighted by Crippen LogP contribution is 2.14. The summed E-state index contributed by atoms with van der Waals surface area (Å²) in [4.78, 5) is 23.1. The van der Waals surface area contributed by atoms with Crippen LogP contribution in [0.2, 0.25) is 0 Å². The summed E-state index contributed by atoms with van der Waals surface area (Å²) < 4.78 is 10.4. The second kappa shape index (κ2) is 6.33. The van der Waals surface area contributed by atoms with Gasteiger partial charge in [-0.25, -0.2) is 4.79 Å². The van der Waals surface area contributed by atoms with Gasteiger partial charge in [0.15, 0.2) is 6.61 Å². The van der Waals surface area contributed by atoms with Gasteiger partial charge in [-0.2, -0.15) is 0 Å². The van der Waals surface area contributed by atoms with Crippen LogP contribution in [0, 0.1) is 6.92 Å². The second-order valence-corrected chi connectivity index (χ2v) is 4.88. The molecule has 0 aliphatic heterocycles. The lowest BCUT2D eigenvalue weighted by molar-refractivity contribution is -0.119. The lowest BCUT2D eigenvalue weighted by Crippen LogP contribution is -2.20. The monoisotopic (exact) mass is 338 g/mol. The summed E-state index contributed by atoms with van der Waals surface area (Å²) in [5.74, 6) is -1.19. The van der Waals surface area contributed by atoms with Crippen molar-refractivity contribution in [1.82, 2.24) is 5.16 Å². The molecule has 0 aliphatic rings. The second-order valence-electron chi connectivity index (χ2n) is 3.96. The molecule has 0 bridgehead atoms. The van der Waals surface area contributed by atoms with Crippen LogP contribution in [0.15, 0.2) is 39.3 Å². The summed E-state index contributed by atoms with van der Waals surface area (Å²) in [7, 11) is 0. The lowest BCUT2D eigenvalue weighted by atomic mass is 10.3. The molecule has 104 valence electrons. The van der Waals surface area contributed by atoms with Crippen molar-refractivity contribution in [2.75, 3.05) is 11.9 Å². The van der Waals surface area contributed by atoms with Crippen molar-refractivity contribution in [2.24, 2.45) is 0 Å². The van der Waals surface area contributed by atoms with Gasteiger partial charge in [0.25, 0.3) is 5.91 Å². The fourth-order valence-electron chi connectivity index (χ4n) is 1.39. The van der Waals surface area contributed by atoms with Crippen molar-refractivity contribution < 1.29 is 18.8 Å². The molecule has 1 heterocycles. The van der Waals surface area contributed by atoms with Crippen LogP contribution < -0.4 is 5.32 Å². The zero-order valence-corrected chi connectivity index (χ0v) is 12.1. The molecule has 0 atom stereocenters. The minimum atomic E-state index is -0.725. The highest BCUT2D eigenvalue weighted by atomic mass is 79.9. The number of carbonyl (C=O) groups is 2. The number of esters is 1. The number of ether oxygens (including phenoxy) is 1. The number of halogens is 1. The molecule has 0 saturated heterocycles. The van der Waals surface area contributed by atoms with Gasteiger partial charge in [0.05, 0.1) is 5.69 Å². The molecule has 0 fully saturated rings. The first-order chi connectivity index (χ1) is 9.54. The topological polar surface area (TPSA) is 81.4 Å². The van der Waals surface area contributed by atoms with Gasteiger partial charge in [-0.1, -0.05) is 21.1 Å². The van der Waals surface area contributed by atoms with Gasteiger partial charge in [0.2, 0.25) is 5.76 Å². The molecule has 0 saturated carbocycles. The van der Waals surface area contributed by atoms with E-state index in [1.807, 2.05) is 0 Å². The van der Waals surface area contributed by atoms with E-state index in [9.17, 15) is 9.59 Å². The Kier molecular flexibility index (Phi) is 4.52. The van der Waals surface area contributed by atoms with E-state index >= 15 is 0 Å². The zero-order chi connectivity index (χ0) is 14.5. The standard InChI is InChI=1S/C13H11BrN2O4/c1-8-6-11(20-16-8)13(18)19-7-12(17)15-10-4-2-9(14)3-5-10/h2-6H,7H2,1H3,(H,15,17). The first kappa shape index (κ1) is 14.3. The third-order valence-electron chi connectivity index (χ3n) is 2.29. The molecular formula is C13H11BrN2O4. The summed E-state index contributed by atoms with van der Waals surface area (Å²) in [6, 6.07) is 8.47. The number of anilines is 1. The largest absolute Gasteiger partial charge is 0.450 e. The van der Waals surface area contributed by atoms with E-state index < -0.39 is 18.5 Å². The van der Waals surface area contributed by atoms with Crippen LogP contribution in [0.4, 0.5) is 5.69 Å². The minimum absolute atomic E-state index is 0.0288. The highest BCUT2D eigenvalue weighted by molar-refractivity contribution is 9.10. The maximum absolute atomic E-state index is 11.6. The first-order valence-electron chi connectivity index (χ1n) is 5.70. The number of hydrogen-bond acceptors (Lipinski definition) is 5. The van der Waals surface area contributed by atoms with Crippen LogP contribution in [0.1, 0.15) is 16.2 Å². The highest BCUT2D eigenvalue weighted by Gasteiger charge is 2.14. The Labute approximate surface area is 123 Å². The fraction of sp³-hybridized carbons (Fsp3) is 0.154. The number of rotatable bonds is 4. The zero-order valence-electron chi connectivity index (χ0n) is 10.6. The summed E-state index contributed by atoms with van der Waals surface area (Å²) in [6.45, 7) is 1.29. The molecule has 6 nitrogen and oxygen atoms in total. The predicted molar refractivity (Wildman–Crippen MR) is 74.3 cm³/mol. The lowest BCUT2D eigenvalue weighted by Gasteiger charge is -2.05. The summed E-state index contributed by atoms with van der Waals surface area (Å²) in [5.41, 5.74) is 1.18. The van der Waals surface area contributed by atoms with Crippen LogP contribution in [0.25, 0.3) is 0 Å². The van der Waals surface area contributed by atoms with Crippen LogP contribution in [-0.4, -0.2) is 23.6 Å². The van der Waals surface area contributed by atoms with Crippen LogP contribution in [0.3, 0.4) is 0 Å². The Balaban J connectivity index is 1.83. The molecule has 2 aromatic rings. The van der Waals surface area contributed by atoms with Crippen molar-refractivity contribution in [3.63, 3.8) is 0 Å². The van der Waals surface area contributed by atoms with Gasteiger partial charge in [0, 0.05) is 16.2 Å². The molecule has 2 rings (SSSR count). The molecule has 7 heteroatoms. The van der Waals surface area contributed by atoms with Crippen molar-refractivity contribution in [3.8, 4) is 0 Å².